The van der Waals surface area contributed by atoms with Gasteiger partial charge < -0.3 is 5.32 Å². The normalized spacial score (nSPS) is 12.5. The highest BCUT2D eigenvalue weighted by molar-refractivity contribution is 7.89. The lowest BCUT2D eigenvalue weighted by molar-refractivity contribution is 0.491. The van der Waals surface area contributed by atoms with Crippen molar-refractivity contribution in [1.29, 1.82) is 0 Å². The summed E-state index contributed by atoms with van der Waals surface area (Å²) >= 11 is 0. The molecule has 0 amide bonds. The summed E-state index contributed by atoms with van der Waals surface area (Å²) in [4.78, 5) is 4.21. The molecule has 0 atom stereocenters. The molecule has 1 heterocycles. The first-order valence-corrected chi connectivity index (χ1v) is 6.97. The van der Waals surface area contributed by atoms with Crippen molar-refractivity contribution in [2.24, 2.45) is 0 Å². The minimum Gasteiger partial charge on any atom is -0.370 e. The molecular weight excluding hydrogens is 238 g/mol. The summed E-state index contributed by atoms with van der Waals surface area (Å²) in [6, 6.07) is 3.19. The maximum absolute atomic E-state index is 11.9. The number of aromatic nitrogens is 1. The van der Waals surface area contributed by atoms with E-state index >= 15 is 0 Å². The maximum Gasteiger partial charge on any atom is 0.242 e. The zero-order chi connectivity index (χ0) is 13.1. The van der Waals surface area contributed by atoms with E-state index in [0.717, 1.165) is 6.54 Å². The Kier molecular flexibility index (Phi) is 4.11. The van der Waals surface area contributed by atoms with E-state index in [9.17, 15) is 8.42 Å². The molecule has 0 fully saturated rings. The molecule has 5 nitrogen and oxygen atoms in total. The van der Waals surface area contributed by atoms with Crippen LogP contribution in [0.5, 0.6) is 0 Å². The van der Waals surface area contributed by atoms with Crippen LogP contribution in [0, 0.1) is 0 Å². The van der Waals surface area contributed by atoms with Crippen molar-refractivity contribution in [3.8, 4) is 0 Å². The number of sulfonamides is 1. The zero-order valence-corrected chi connectivity index (χ0v) is 11.4. The molecular formula is C11H19N3O2S. The Morgan fingerprint density at radius 1 is 1.29 bits per heavy atom. The highest BCUT2D eigenvalue weighted by Gasteiger charge is 2.21. The first kappa shape index (κ1) is 13.9. The van der Waals surface area contributed by atoms with Crippen LogP contribution in [-0.2, 0) is 10.0 Å². The van der Waals surface area contributed by atoms with Gasteiger partial charge >= 0.3 is 0 Å². The van der Waals surface area contributed by atoms with E-state index in [4.69, 9.17) is 0 Å². The number of hydrogen-bond acceptors (Lipinski definition) is 4. The Bertz CT molecular complexity index is 460. The molecule has 0 radical (unpaired) electrons. The first-order valence-electron chi connectivity index (χ1n) is 5.48. The van der Waals surface area contributed by atoms with Crippen molar-refractivity contribution in [2.45, 2.75) is 38.1 Å². The second-order valence-corrected chi connectivity index (χ2v) is 6.45. The molecule has 0 aromatic carbocycles. The van der Waals surface area contributed by atoms with Crippen LogP contribution in [0.2, 0.25) is 0 Å². The Balaban J connectivity index is 2.93. The Morgan fingerprint density at radius 2 is 1.94 bits per heavy atom. The molecule has 0 saturated carbocycles. The summed E-state index contributed by atoms with van der Waals surface area (Å²) in [6.07, 6.45) is 1.35. The third-order valence-corrected chi connectivity index (χ3v) is 3.59. The van der Waals surface area contributed by atoms with Crippen LogP contribution in [0.4, 0.5) is 5.82 Å². The third kappa shape index (κ3) is 4.32. The van der Waals surface area contributed by atoms with E-state index in [1.807, 2.05) is 6.92 Å². The minimum absolute atomic E-state index is 0.175. The van der Waals surface area contributed by atoms with E-state index in [1.165, 1.54) is 6.20 Å². The molecule has 1 aromatic heterocycles. The second kappa shape index (κ2) is 5.01. The molecule has 1 rings (SSSR count). The number of hydrogen-bond donors (Lipinski definition) is 2. The van der Waals surface area contributed by atoms with Gasteiger partial charge in [-0.2, -0.15) is 0 Å². The van der Waals surface area contributed by atoms with Crippen LogP contribution in [0.15, 0.2) is 23.2 Å². The number of nitrogens with one attached hydrogen (secondary N) is 2. The van der Waals surface area contributed by atoms with Crippen LogP contribution >= 0.6 is 0 Å². The van der Waals surface area contributed by atoms with Gasteiger partial charge in [-0.25, -0.2) is 18.1 Å². The molecule has 0 spiro atoms. The van der Waals surface area contributed by atoms with Crippen LogP contribution in [0.25, 0.3) is 0 Å². The highest BCUT2D eigenvalue weighted by Crippen LogP contribution is 2.13. The number of rotatable bonds is 4. The van der Waals surface area contributed by atoms with Crippen LogP contribution in [0.1, 0.15) is 27.7 Å². The van der Waals surface area contributed by atoms with Gasteiger partial charge in [-0.3, -0.25) is 0 Å². The molecule has 0 aliphatic carbocycles. The smallest absolute Gasteiger partial charge is 0.242 e. The fourth-order valence-electron chi connectivity index (χ4n) is 1.29. The maximum atomic E-state index is 11.9. The molecule has 0 bridgehead atoms. The Hall–Kier alpha value is -1.14. The van der Waals surface area contributed by atoms with Gasteiger partial charge in [0, 0.05) is 18.3 Å². The van der Waals surface area contributed by atoms with Crippen molar-refractivity contribution in [3.05, 3.63) is 18.3 Å². The predicted octanol–water partition coefficient (Wildman–Crippen LogP) is 1.59. The molecule has 96 valence electrons. The van der Waals surface area contributed by atoms with Crippen molar-refractivity contribution < 1.29 is 8.42 Å². The SMILES string of the molecule is CCNc1ccc(S(=O)(=O)NC(C)(C)C)cn1. The van der Waals surface area contributed by atoms with Gasteiger partial charge in [-0.05, 0) is 39.8 Å². The second-order valence-electron chi connectivity index (χ2n) is 4.76. The number of anilines is 1. The van der Waals surface area contributed by atoms with Crippen LogP contribution in [-0.4, -0.2) is 25.5 Å². The summed E-state index contributed by atoms with van der Waals surface area (Å²) in [5.74, 6) is 0.669. The molecule has 0 saturated heterocycles. The highest BCUT2D eigenvalue weighted by atomic mass is 32.2. The Morgan fingerprint density at radius 3 is 2.35 bits per heavy atom. The van der Waals surface area contributed by atoms with E-state index in [0.29, 0.717) is 5.82 Å². The molecule has 17 heavy (non-hydrogen) atoms. The molecule has 2 N–H and O–H groups in total. The molecule has 0 unspecified atom stereocenters. The molecule has 0 aliphatic rings. The van der Waals surface area contributed by atoms with E-state index in [1.54, 1.807) is 32.9 Å². The van der Waals surface area contributed by atoms with E-state index < -0.39 is 15.6 Å². The summed E-state index contributed by atoms with van der Waals surface area (Å²) in [6.45, 7) is 8.09. The lowest BCUT2D eigenvalue weighted by atomic mass is 10.1. The van der Waals surface area contributed by atoms with Crippen molar-refractivity contribution in [2.75, 3.05) is 11.9 Å². The topological polar surface area (TPSA) is 71.1 Å². The standard InChI is InChI=1S/C11H19N3O2S/c1-5-12-10-7-6-9(8-13-10)17(15,16)14-11(2,3)4/h6-8,14H,5H2,1-4H3,(H,12,13). The number of pyridine rings is 1. The summed E-state index contributed by atoms with van der Waals surface area (Å²) < 4.78 is 26.5. The van der Waals surface area contributed by atoms with E-state index in [-0.39, 0.29) is 4.90 Å². The minimum atomic E-state index is -3.49. The van der Waals surface area contributed by atoms with Gasteiger partial charge in [0.15, 0.2) is 0 Å². The largest absolute Gasteiger partial charge is 0.370 e. The van der Waals surface area contributed by atoms with Crippen molar-refractivity contribution in [3.63, 3.8) is 0 Å². The number of nitrogens with zero attached hydrogens (tertiary/aromatic N) is 1. The van der Waals surface area contributed by atoms with Gasteiger partial charge in [0.05, 0.1) is 0 Å². The summed E-state index contributed by atoms with van der Waals surface area (Å²) in [5.41, 5.74) is -0.501. The van der Waals surface area contributed by atoms with Gasteiger partial charge in [-0.15, -0.1) is 0 Å². The fourth-order valence-corrected chi connectivity index (χ4v) is 2.65. The molecule has 1 aromatic rings. The van der Waals surface area contributed by atoms with Gasteiger partial charge in [0.25, 0.3) is 0 Å². The molecule has 0 aliphatic heterocycles. The average molecular weight is 257 g/mol. The first-order chi connectivity index (χ1) is 7.74. The lowest BCUT2D eigenvalue weighted by Gasteiger charge is -2.20. The van der Waals surface area contributed by atoms with E-state index in [2.05, 4.69) is 15.0 Å². The molecule has 6 heteroatoms. The lowest BCUT2D eigenvalue weighted by Crippen LogP contribution is -2.40. The average Bonchev–Trinajstić information content (AvgIpc) is 2.15. The van der Waals surface area contributed by atoms with Gasteiger partial charge in [0.2, 0.25) is 10.0 Å². The third-order valence-electron chi connectivity index (χ3n) is 1.85. The van der Waals surface area contributed by atoms with Crippen LogP contribution < -0.4 is 10.0 Å². The monoisotopic (exact) mass is 257 g/mol. The van der Waals surface area contributed by atoms with Gasteiger partial charge in [0.1, 0.15) is 10.7 Å². The zero-order valence-electron chi connectivity index (χ0n) is 10.6. The summed E-state index contributed by atoms with van der Waals surface area (Å²) in [7, 11) is -3.49. The predicted molar refractivity (Wildman–Crippen MR) is 68.5 cm³/mol. The van der Waals surface area contributed by atoms with Crippen molar-refractivity contribution >= 4 is 15.8 Å². The fraction of sp³-hybridized carbons (Fsp3) is 0.545. The quantitative estimate of drug-likeness (QED) is 0.859. The van der Waals surface area contributed by atoms with Gasteiger partial charge in [-0.1, -0.05) is 0 Å². The van der Waals surface area contributed by atoms with Crippen molar-refractivity contribution in [1.82, 2.24) is 9.71 Å². The Labute approximate surface area is 103 Å². The van der Waals surface area contributed by atoms with Crippen LogP contribution in [0.3, 0.4) is 0 Å². The summed E-state index contributed by atoms with van der Waals surface area (Å²) in [5, 5.41) is 3.01.